The molecule has 2 aliphatic rings. The van der Waals surface area contributed by atoms with Gasteiger partial charge in [-0.25, -0.2) is 0 Å². The van der Waals surface area contributed by atoms with Crippen LogP contribution in [0.2, 0.25) is 0 Å². The molecule has 0 saturated carbocycles. The highest BCUT2D eigenvalue weighted by Gasteiger charge is 2.14. The first kappa shape index (κ1) is 11.5. The molecular formula is C11H11ClN2O. The monoisotopic (exact) mass is 222 g/mol. The summed E-state index contributed by atoms with van der Waals surface area (Å²) in [4.78, 5) is 15.2. The Morgan fingerprint density at radius 1 is 1.27 bits per heavy atom. The van der Waals surface area contributed by atoms with E-state index in [9.17, 15) is 4.79 Å². The third-order valence-electron chi connectivity index (χ3n) is 2.18. The second kappa shape index (κ2) is 4.75. The van der Waals surface area contributed by atoms with Crippen molar-refractivity contribution in [1.82, 2.24) is 0 Å². The fourth-order valence-electron chi connectivity index (χ4n) is 1.43. The fraction of sp³-hybridized carbons (Fsp3) is 0.0909. The summed E-state index contributed by atoms with van der Waals surface area (Å²) in [6.07, 6.45) is 11.6. The molecule has 0 fully saturated rings. The maximum Gasteiger partial charge on any atom is 0.244 e. The molecule has 0 aromatic rings. The van der Waals surface area contributed by atoms with E-state index in [0.717, 1.165) is 11.3 Å². The van der Waals surface area contributed by atoms with Gasteiger partial charge in [0.2, 0.25) is 5.91 Å². The molecule has 0 aromatic heterocycles. The number of nitrogens with zero attached hydrogens (tertiary/aromatic N) is 1. The van der Waals surface area contributed by atoms with Gasteiger partial charge in [0.1, 0.15) is 0 Å². The highest BCUT2D eigenvalue weighted by atomic mass is 35.5. The predicted octanol–water partition coefficient (Wildman–Crippen LogP) is 1.67. The summed E-state index contributed by atoms with van der Waals surface area (Å²) in [5.74, 6) is -0.363. The van der Waals surface area contributed by atoms with Crippen molar-refractivity contribution >= 4 is 24.5 Å². The summed E-state index contributed by atoms with van der Waals surface area (Å²) in [5, 5.41) is 0. The molecule has 1 amide bonds. The predicted molar refractivity (Wildman–Crippen MR) is 62.9 cm³/mol. The van der Waals surface area contributed by atoms with Crippen LogP contribution in [0, 0.1) is 0 Å². The minimum absolute atomic E-state index is 0. The molecule has 78 valence electrons. The highest BCUT2D eigenvalue weighted by Crippen LogP contribution is 2.25. The Morgan fingerprint density at radius 3 is 2.80 bits per heavy atom. The van der Waals surface area contributed by atoms with Crippen LogP contribution in [0.1, 0.15) is 6.42 Å². The van der Waals surface area contributed by atoms with Crippen molar-refractivity contribution in [1.29, 1.82) is 0 Å². The average molecular weight is 223 g/mol. The van der Waals surface area contributed by atoms with Gasteiger partial charge in [0, 0.05) is 18.2 Å². The first-order valence-corrected chi connectivity index (χ1v) is 4.38. The van der Waals surface area contributed by atoms with E-state index in [1.807, 2.05) is 24.3 Å². The number of amides is 1. The Bertz CT molecular complexity index is 428. The number of carbonyl (C=O) groups is 1. The van der Waals surface area contributed by atoms with E-state index in [1.54, 1.807) is 12.3 Å². The van der Waals surface area contributed by atoms with Gasteiger partial charge in [0.15, 0.2) is 0 Å². The number of halogens is 1. The highest BCUT2D eigenvalue weighted by molar-refractivity contribution is 5.93. The van der Waals surface area contributed by atoms with Gasteiger partial charge in [0.05, 0.1) is 5.70 Å². The maximum absolute atomic E-state index is 11.0. The van der Waals surface area contributed by atoms with Crippen molar-refractivity contribution in [2.75, 3.05) is 0 Å². The Labute approximate surface area is 94.2 Å². The summed E-state index contributed by atoms with van der Waals surface area (Å²) >= 11 is 0. The number of hydrogen-bond donors (Lipinski definition) is 1. The Balaban J connectivity index is 0.00000112. The standard InChI is InChI=1S/C11H10N2O.ClH/c12-11(14)9-4-5-10-8(7-9)3-1-2-6-13-10;/h1-6H,7H2,(H2,12,14);1H. The van der Waals surface area contributed by atoms with Crippen molar-refractivity contribution in [3.63, 3.8) is 0 Å². The number of primary amides is 1. The smallest absolute Gasteiger partial charge is 0.244 e. The molecule has 2 N–H and O–H groups in total. The van der Waals surface area contributed by atoms with E-state index in [2.05, 4.69) is 4.99 Å². The second-order valence-electron chi connectivity index (χ2n) is 3.14. The van der Waals surface area contributed by atoms with Crippen LogP contribution in [-0.2, 0) is 4.79 Å². The number of hydrogen-bond acceptors (Lipinski definition) is 2. The van der Waals surface area contributed by atoms with Crippen LogP contribution in [0.3, 0.4) is 0 Å². The van der Waals surface area contributed by atoms with E-state index in [0.29, 0.717) is 12.0 Å². The normalized spacial score (nSPS) is 17.7. The first-order chi connectivity index (χ1) is 6.77. The minimum atomic E-state index is -0.363. The molecule has 0 radical (unpaired) electrons. The SMILES string of the molecule is Cl.NC(=O)C1=CC=C2N=CC=CC=C2C1. The minimum Gasteiger partial charge on any atom is -0.366 e. The lowest BCUT2D eigenvalue weighted by Crippen LogP contribution is -2.16. The van der Waals surface area contributed by atoms with Gasteiger partial charge >= 0.3 is 0 Å². The summed E-state index contributed by atoms with van der Waals surface area (Å²) in [7, 11) is 0. The number of allylic oxidation sites excluding steroid dienone is 6. The summed E-state index contributed by atoms with van der Waals surface area (Å²) in [6, 6.07) is 0. The van der Waals surface area contributed by atoms with Crippen molar-refractivity contribution in [2.24, 2.45) is 10.7 Å². The largest absolute Gasteiger partial charge is 0.366 e. The van der Waals surface area contributed by atoms with Gasteiger partial charge in [0.25, 0.3) is 0 Å². The number of rotatable bonds is 1. The third-order valence-corrected chi connectivity index (χ3v) is 2.18. The molecule has 4 heteroatoms. The van der Waals surface area contributed by atoms with Crippen LogP contribution in [-0.4, -0.2) is 12.1 Å². The van der Waals surface area contributed by atoms with Gasteiger partial charge in [-0.05, 0) is 17.7 Å². The molecule has 1 aliphatic carbocycles. The lowest BCUT2D eigenvalue weighted by atomic mass is 9.96. The molecule has 0 spiro atoms. The first-order valence-electron chi connectivity index (χ1n) is 4.38. The molecule has 0 unspecified atom stereocenters. The Kier molecular flexibility index (Phi) is 3.63. The topological polar surface area (TPSA) is 55.5 Å². The third kappa shape index (κ3) is 2.44. The van der Waals surface area contributed by atoms with Gasteiger partial charge in [-0.3, -0.25) is 9.79 Å². The van der Waals surface area contributed by atoms with Crippen molar-refractivity contribution in [2.45, 2.75) is 6.42 Å². The second-order valence-corrected chi connectivity index (χ2v) is 3.14. The lowest BCUT2D eigenvalue weighted by molar-refractivity contribution is -0.114. The van der Waals surface area contributed by atoms with Crippen LogP contribution >= 0.6 is 12.4 Å². The Hall–Kier alpha value is -1.61. The molecule has 1 aliphatic heterocycles. The van der Waals surface area contributed by atoms with Crippen molar-refractivity contribution in [3.05, 3.63) is 47.2 Å². The molecule has 3 nitrogen and oxygen atoms in total. The summed E-state index contributed by atoms with van der Waals surface area (Å²) in [6.45, 7) is 0. The molecule has 15 heavy (non-hydrogen) atoms. The van der Waals surface area contributed by atoms with E-state index in [4.69, 9.17) is 5.73 Å². The van der Waals surface area contributed by atoms with E-state index in [-0.39, 0.29) is 18.3 Å². The molecule has 0 saturated heterocycles. The molecular weight excluding hydrogens is 212 g/mol. The van der Waals surface area contributed by atoms with Gasteiger partial charge in [-0.2, -0.15) is 0 Å². The summed E-state index contributed by atoms with van der Waals surface area (Å²) in [5.41, 5.74) is 7.77. The van der Waals surface area contributed by atoms with Crippen LogP contribution < -0.4 is 5.73 Å². The number of carbonyl (C=O) groups excluding carboxylic acids is 1. The van der Waals surface area contributed by atoms with Crippen LogP contribution in [0.15, 0.2) is 52.2 Å². The van der Waals surface area contributed by atoms with E-state index < -0.39 is 0 Å². The molecule has 0 bridgehead atoms. The Morgan fingerprint density at radius 2 is 2.07 bits per heavy atom. The van der Waals surface area contributed by atoms with Gasteiger partial charge < -0.3 is 5.73 Å². The lowest BCUT2D eigenvalue weighted by Gasteiger charge is -2.12. The number of aliphatic imine (C=N–C) groups is 1. The fourth-order valence-corrected chi connectivity index (χ4v) is 1.43. The average Bonchev–Trinajstić information content (AvgIpc) is 2.41. The zero-order chi connectivity index (χ0) is 9.97. The molecule has 2 rings (SSSR count). The maximum atomic E-state index is 11.0. The zero-order valence-electron chi connectivity index (χ0n) is 8.01. The van der Waals surface area contributed by atoms with E-state index in [1.165, 1.54) is 0 Å². The zero-order valence-corrected chi connectivity index (χ0v) is 8.83. The van der Waals surface area contributed by atoms with Crippen molar-refractivity contribution in [3.8, 4) is 0 Å². The van der Waals surface area contributed by atoms with Crippen LogP contribution in [0.5, 0.6) is 0 Å². The molecule has 0 aromatic carbocycles. The van der Waals surface area contributed by atoms with Crippen molar-refractivity contribution < 1.29 is 4.79 Å². The van der Waals surface area contributed by atoms with Crippen LogP contribution in [0.25, 0.3) is 0 Å². The summed E-state index contributed by atoms with van der Waals surface area (Å²) < 4.78 is 0. The van der Waals surface area contributed by atoms with Gasteiger partial charge in [-0.15, -0.1) is 12.4 Å². The number of fused-ring (bicyclic) bond motifs is 1. The molecule has 1 heterocycles. The van der Waals surface area contributed by atoms with E-state index >= 15 is 0 Å². The van der Waals surface area contributed by atoms with Gasteiger partial charge in [-0.1, -0.05) is 18.2 Å². The number of nitrogens with two attached hydrogens (primary N) is 1. The molecule has 0 atom stereocenters. The van der Waals surface area contributed by atoms with Crippen LogP contribution in [0.4, 0.5) is 0 Å². The quantitative estimate of drug-likeness (QED) is 0.721.